The van der Waals surface area contributed by atoms with E-state index >= 15 is 0 Å². The van der Waals surface area contributed by atoms with E-state index in [2.05, 4.69) is 9.80 Å². The van der Waals surface area contributed by atoms with Crippen molar-refractivity contribution in [3.8, 4) is 11.5 Å². The summed E-state index contributed by atoms with van der Waals surface area (Å²) in [6.07, 6.45) is 5.16. The first-order valence-corrected chi connectivity index (χ1v) is 13.0. The smallest absolute Gasteiger partial charge is 0.263 e. The molecule has 0 spiro atoms. The molecule has 0 unspecified atom stereocenters. The Labute approximate surface area is 209 Å². The Morgan fingerprint density at radius 2 is 1.78 bits per heavy atom. The van der Waals surface area contributed by atoms with Gasteiger partial charge >= 0.3 is 0 Å². The van der Waals surface area contributed by atoms with Crippen molar-refractivity contribution >= 4 is 23.4 Å². The predicted octanol–water partition coefficient (Wildman–Crippen LogP) is 3.44. The van der Waals surface area contributed by atoms with Gasteiger partial charge in [-0.2, -0.15) is 0 Å². The van der Waals surface area contributed by atoms with E-state index in [0.29, 0.717) is 53.6 Å². The highest BCUT2D eigenvalue weighted by atomic mass is 16.7. The van der Waals surface area contributed by atoms with Crippen LogP contribution >= 0.6 is 0 Å². The van der Waals surface area contributed by atoms with Gasteiger partial charge in [-0.05, 0) is 67.9 Å². The van der Waals surface area contributed by atoms with Crippen LogP contribution < -0.4 is 14.4 Å². The molecule has 8 heteroatoms. The lowest BCUT2D eigenvalue weighted by atomic mass is 9.93. The Hall–Kier alpha value is -3.55. The predicted molar refractivity (Wildman–Crippen MR) is 131 cm³/mol. The second-order valence-corrected chi connectivity index (χ2v) is 10.7. The highest BCUT2D eigenvalue weighted by molar-refractivity contribution is 6.23. The molecule has 0 radical (unpaired) electrons. The van der Waals surface area contributed by atoms with Gasteiger partial charge in [0.1, 0.15) is 0 Å². The van der Waals surface area contributed by atoms with E-state index in [1.165, 1.54) is 17.7 Å². The van der Waals surface area contributed by atoms with Gasteiger partial charge < -0.3 is 19.3 Å². The van der Waals surface area contributed by atoms with Crippen LogP contribution in [0.3, 0.4) is 0 Å². The zero-order chi connectivity index (χ0) is 24.4. The van der Waals surface area contributed by atoms with Crippen molar-refractivity contribution in [3.05, 3.63) is 53.1 Å². The van der Waals surface area contributed by atoms with Crippen LogP contribution in [0.5, 0.6) is 11.5 Å². The van der Waals surface area contributed by atoms with E-state index in [4.69, 9.17) is 9.47 Å². The summed E-state index contributed by atoms with van der Waals surface area (Å²) in [6.45, 7) is 2.70. The third kappa shape index (κ3) is 3.38. The summed E-state index contributed by atoms with van der Waals surface area (Å²) in [5.74, 6) is 1.83. The number of imide groups is 1. The Bertz CT molecular complexity index is 1270. The fraction of sp³-hybridized carbons (Fsp3) is 0.464. The van der Waals surface area contributed by atoms with Gasteiger partial charge in [-0.25, -0.2) is 0 Å². The Morgan fingerprint density at radius 1 is 0.944 bits per heavy atom. The number of ether oxygens (including phenoxy) is 2. The van der Waals surface area contributed by atoms with Crippen LogP contribution in [0, 0.1) is 11.8 Å². The van der Waals surface area contributed by atoms with Crippen molar-refractivity contribution in [2.24, 2.45) is 11.8 Å². The second kappa shape index (κ2) is 8.25. The topological polar surface area (TPSA) is 79.4 Å². The van der Waals surface area contributed by atoms with Crippen LogP contribution in [0.2, 0.25) is 0 Å². The third-order valence-corrected chi connectivity index (χ3v) is 8.63. The average molecular weight is 488 g/mol. The number of fused-ring (bicyclic) bond motifs is 4. The zero-order valence-corrected chi connectivity index (χ0v) is 20.2. The number of likely N-dealkylation sites (tertiary alicyclic amines) is 1. The Kier molecular flexibility index (Phi) is 4.98. The molecule has 2 aromatic carbocycles. The molecule has 4 heterocycles. The first-order chi connectivity index (χ1) is 17.6. The summed E-state index contributed by atoms with van der Waals surface area (Å²) in [5, 5.41) is 0. The Balaban J connectivity index is 1.07. The van der Waals surface area contributed by atoms with Gasteiger partial charge in [0.25, 0.3) is 11.8 Å². The first kappa shape index (κ1) is 21.7. The minimum atomic E-state index is -0.274. The van der Waals surface area contributed by atoms with E-state index in [9.17, 15) is 14.4 Å². The fourth-order valence-corrected chi connectivity index (χ4v) is 6.74. The van der Waals surface area contributed by atoms with Gasteiger partial charge in [0, 0.05) is 31.6 Å². The molecule has 2 atom stereocenters. The van der Waals surface area contributed by atoms with Crippen molar-refractivity contribution in [2.75, 3.05) is 31.3 Å². The molecule has 1 aliphatic carbocycles. The maximum absolute atomic E-state index is 13.5. The molecule has 8 nitrogen and oxygen atoms in total. The number of hydrogen-bond acceptors (Lipinski definition) is 6. The third-order valence-electron chi connectivity index (χ3n) is 8.63. The van der Waals surface area contributed by atoms with Gasteiger partial charge in [-0.1, -0.05) is 12.1 Å². The molecule has 186 valence electrons. The van der Waals surface area contributed by atoms with Crippen molar-refractivity contribution in [1.82, 2.24) is 9.80 Å². The summed E-state index contributed by atoms with van der Waals surface area (Å²) in [5.41, 5.74) is 2.53. The van der Waals surface area contributed by atoms with E-state index in [1.54, 1.807) is 12.1 Å². The molecule has 36 heavy (non-hydrogen) atoms. The summed E-state index contributed by atoms with van der Waals surface area (Å²) in [4.78, 5) is 45.5. The normalized spacial score (nSPS) is 24.7. The van der Waals surface area contributed by atoms with Gasteiger partial charge in [0.05, 0.1) is 23.4 Å². The van der Waals surface area contributed by atoms with Crippen molar-refractivity contribution in [1.29, 1.82) is 0 Å². The summed E-state index contributed by atoms with van der Waals surface area (Å²) >= 11 is 0. The van der Waals surface area contributed by atoms with Gasteiger partial charge in [0.15, 0.2) is 11.5 Å². The lowest BCUT2D eigenvalue weighted by molar-refractivity contribution is -0.137. The molecule has 0 N–H and O–H groups in total. The average Bonchev–Trinajstić information content (AvgIpc) is 3.70. The molecule has 2 bridgehead atoms. The summed E-state index contributed by atoms with van der Waals surface area (Å²) < 4.78 is 10.8. The molecule has 7 rings (SSSR count). The van der Waals surface area contributed by atoms with Gasteiger partial charge in [-0.15, -0.1) is 0 Å². The fourth-order valence-electron chi connectivity index (χ4n) is 6.74. The molecular weight excluding hydrogens is 458 g/mol. The van der Waals surface area contributed by atoms with Crippen LogP contribution in [0.4, 0.5) is 5.69 Å². The van der Waals surface area contributed by atoms with Gasteiger partial charge in [-0.3, -0.25) is 19.3 Å². The lowest BCUT2D eigenvalue weighted by Crippen LogP contribution is -2.45. The van der Waals surface area contributed by atoms with Crippen LogP contribution in [0.15, 0.2) is 36.4 Å². The second-order valence-electron chi connectivity index (χ2n) is 10.7. The monoisotopic (exact) mass is 487 g/mol. The van der Waals surface area contributed by atoms with E-state index in [0.717, 1.165) is 37.1 Å². The number of piperidine rings is 2. The number of carbonyl (C=O) groups is 3. The summed E-state index contributed by atoms with van der Waals surface area (Å²) in [6, 6.07) is 11.4. The number of rotatable bonds is 4. The molecule has 3 fully saturated rings. The quantitative estimate of drug-likeness (QED) is 0.615. The van der Waals surface area contributed by atoms with E-state index in [-0.39, 0.29) is 31.1 Å². The van der Waals surface area contributed by atoms with Crippen molar-refractivity contribution in [2.45, 2.75) is 44.7 Å². The molecule has 2 saturated heterocycles. The SMILES string of the molecule is O=C1c2cccc(N3CCC(C(=O)N4C[C@@H]5CC[C@H]4C5)CC3)c2C(=O)N1Cc1ccc2c(c1)OCO2. The summed E-state index contributed by atoms with van der Waals surface area (Å²) in [7, 11) is 0. The molecule has 4 aliphatic heterocycles. The molecule has 3 amide bonds. The lowest BCUT2D eigenvalue weighted by Gasteiger charge is -2.37. The van der Waals surface area contributed by atoms with E-state index < -0.39 is 0 Å². The number of hydrogen-bond donors (Lipinski definition) is 0. The van der Waals surface area contributed by atoms with Crippen LogP contribution in [0.25, 0.3) is 0 Å². The molecule has 2 aromatic rings. The zero-order valence-electron chi connectivity index (χ0n) is 20.2. The molecule has 1 saturated carbocycles. The maximum Gasteiger partial charge on any atom is 0.263 e. The minimum absolute atomic E-state index is 0.0530. The van der Waals surface area contributed by atoms with E-state index in [1.807, 2.05) is 24.3 Å². The molecule has 0 aromatic heterocycles. The maximum atomic E-state index is 13.5. The van der Waals surface area contributed by atoms with Crippen molar-refractivity contribution < 1.29 is 23.9 Å². The highest BCUT2D eigenvalue weighted by Gasteiger charge is 2.43. The van der Waals surface area contributed by atoms with Gasteiger partial charge in [0.2, 0.25) is 12.7 Å². The minimum Gasteiger partial charge on any atom is -0.454 e. The standard InChI is InChI=1S/C28H29N3O5/c32-26(30-14-17-4-6-20(30)12-17)19-8-10-29(11-9-19)22-3-1-2-21-25(22)28(34)31(27(21)33)15-18-5-7-23-24(13-18)36-16-35-23/h1-3,5,7,13,17,19-20H,4,6,8-12,14-16H2/t17-,20+/m1/s1. The van der Waals surface area contributed by atoms with Crippen LogP contribution in [0.1, 0.15) is 58.4 Å². The molecule has 5 aliphatic rings. The first-order valence-electron chi connectivity index (χ1n) is 13.0. The largest absolute Gasteiger partial charge is 0.454 e. The van der Waals surface area contributed by atoms with Crippen LogP contribution in [-0.2, 0) is 11.3 Å². The van der Waals surface area contributed by atoms with Crippen molar-refractivity contribution in [3.63, 3.8) is 0 Å². The Morgan fingerprint density at radius 3 is 2.56 bits per heavy atom. The highest BCUT2D eigenvalue weighted by Crippen LogP contribution is 2.40. The number of nitrogens with zero attached hydrogens (tertiary/aromatic N) is 3. The number of benzene rings is 2. The van der Waals surface area contributed by atoms with Crippen LogP contribution in [-0.4, -0.2) is 60.0 Å². The number of amides is 3. The number of anilines is 1. The molecular formula is C28H29N3O5. The number of carbonyl (C=O) groups excluding carboxylic acids is 3.